The van der Waals surface area contributed by atoms with E-state index in [2.05, 4.69) is 12.5 Å². The molecule has 0 aliphatic carbocycles. The molecule has 1 heteroatoms. The molecule has 0 saturated heterocycles. The number of terminal acetylenes is 1. The zero-order chi connectivity index (χ0) is 5.41. The van der Waals surface area contributed by atoms with Crippen LogP contribution in [0.2, 0.25) is 0 Å². The molecule has 0 aliphatic heterocycles. The second-order valence-corrected chi connectivity index (χ2v) is 0.577. The molecular formula is C6H8Y-2. The molecule has 37 valence electrons. The summed E-state index contributed by atoms with van der Waals surface area (Å²) < 4.78 is 0. The Morgan fingerprint density at radius 3 is 1.71 bits per heavy atom. The predicted octanol–water partition coefficient (Wildman–Crippen LogP) is 1.59. The summed E-state index contributed by atoms with van der Waals surface area (Å²) in [6.45, 7) is 3.82. The molecule has 0 saturated carbocycles. The minimum absolute atomic E-state index is 0. The average molecular weight is 169 g/mol. The van der Waals surface area contributed by atoms with Crippen molar-refractivity contribution >= 4 is 0 Å². The van der Waals surface area contributed by atoms with Crippen LogP contribution in [0.1, 0.15) is 13.8 Å². The average Bonchev–Trinajstić information content (AvgIpc) is 1.72. The van der Waals surface area contributed by atoms with Crippen LogP contribution in [0, 0.1) is 18.9 Å². The normalized spacial score (nSPS) is 5.71. The Bertz CT molecular complexity index is 39.4. The summed E-state index contributed by atoms with van der Waals surface area (Å²) in [6, 6.07) is 0. The van der Waals surface area contributed by atoms with Gasteiger partial charge in [0.1, 0.15) is 0 Å². The van der Waals surface area contributed by atoms with E-state index in [0.717, 1.165) is 0 Å². The molecule has 7 heavy (non-hydrogen) atoms. The molecule has 0 nitrogen and oxygen atoms in total. The van der Waals surface area contributed by atoms with Gasteiger partial charge in [-0.2, -0.15) is 6.92 Å². The van der Waals surface area contributed by atoms with Gasteiger partial charge < -0.3 is 18.9 Å². The van der Waals surface area contributed by atoms with E-state index in [0.29, 0.717) is 0 Å². The summed E-state index contributed by atoms with van der Waals surface area (Å²) in [5.41, 5.74) is 0. The fourth-order valence-electron chi connectivity index (χ4n) is 0. The second kappa shape index (κ2) is 32.4. The first kappa shape index (κ1) is 15.7. The third-order valence-electron chi connectivity index (χ3n) is 0.289. The number of rotatable bonds is 0. The van der Waals surface area contributed by atoms with Gasteiger partial charge in [-0.15, -0.1) is 0 Å². The monoisotopic (exact) mass is 169 g/mol. The van der Waals surface area contributed by atoms with E-state index in [1.807, 2.05) is 19.9 Å². The van der Waals surface area contributed by atoms with Gasteiger partial charge in [-0.25, -0.2) is 0 Å². The van der Waals surface area contributed by atoms with Gasteiger partial charge in [-0.3, -0.25) is 6.08 Å². The molecule has 0 atom stereocenters. The standard InChI is InChI=1S/C4H7.C2H.Y/c1-3-4-2;1-2;/h3H,1-2H3;1H;/q2*-1;. The Kier molecular flexibility index (Phi) is 72.4. The third-order valence-corrected chi connectivity index (χ3v) is 0.289. The van der Waals surface area contributed by atoms with Crippen LogP contribution >= 0.6 is 0 Å². The largest absolute Gasteiger partial charge is 0.697 e. The first-order valence-electron chi connectivity index (χ1n) is 1.65. The van der Waals surface area contributed by atoms with E-state index < -0.39 is 0 Å². The predicted molar refractivity (Wildman–Crippen MR) is 27.3 cm³/mol. The van der Waals surface area contributed by atoms with Crippen molar-refractivity contribution in [2.24, 2.45) is 0 Å². The fraction of sp³-hybridized carbons (Fsp3) is 0.333. The van der Waals surface area contributed by atoms with Gasteiger partial charge in [0.15, 0.2) is 0 Å². The molecular weight excluding hydrogens is 161 g/mol. The quantitative estimate of drug-likeness (QED) is 0.381. The van der Waals surface area contributed by atoms with Crippen LogP contribution < -0.4 is 0 Å². The zero-order valence-electron chi connectivity index (χ0n) is 4.73. The molecule has 0 N–H and O–H groups in total. The molecule has 0 aromatic rings. The van der Waals surface area contributed by atoms with Crippen molar-refractivity contribution in [3.63, 3.8) is 0 Å². The maximum absolute atomic E-state index is 5.25. The molecule has 0 aliphatic rings. The number of allylic oxidation sites excluding steroid dienone is 2. The minimum atomic E-state index is 0. The van der Waals surface area contributed by atoms with E-state index in [1.165, 1.54) is 0 Å². The van der Waals surface area contributed by atoms with Crippen molar-refractivity contribution < 1.29 is 32.7 Å². The van der Waals surface area contributed by atoms with Gasteiger partial charge in [0.05, 0.1) is 0 Å². The van der Waals surface area contributed by atoms with Crippen LogP contribution in [0.15, 0.2) is 6.08 Å². The smallest absolute Gasteiger partial charge is 0 e. The van der Waals surface area contributed by atoms with Crippen molar-refractivity contribution in [2.45, 2.75) is 13.8 Å². The van der Waals surface area contributed by atoms with Crippen LogP contribution in [0.4, 0.5) is 0 Å². The maximum atomic E-state index is 5.25. The van der Waals surface area contributed by atoms with Crippen molar-refractivity contribution in [3.8, 4) is 6.42 Å². The van der Waals surface area contributed by atoms with Crippen LogP contribution in [-0.2, 0) is 32.7 Å². The molecule has 0 fully saturated rings. The van der Waals surface area contributed by atoms with Gasteiger partial charge in [-0.1, -0.05) is 6.92 Å². The van der Waals surface area contributed by atoms with Crippen LogP contribution in [-0.4, -0.2) is 0 Å². The van der Waals surface area contributed by atoms with Crippen molar-refractivity contribution in [1.29, 1.82) is 0 Å². The van der Waals surface area contributed by atoms with E-state index in [4.69, 9.17) is 6.42 Å². The topological polar surface area (TPSA) is 0 Å². The Morgan fingerprint density at radius 1 is 1.57 bits per heavy atom. The maximum Gasteiger partial charge on any atom is 0 e. The first-order valence-corrected chi connectivity index (χ1v) is 1.65. The minimum Gasteiger partial charge on any atom is -0.697 e. The summed E-state index contributed by atoms with van der Waals surface area (Å²) in [5, 5.41) is 0. The summed E-state index contributed by atoms with van der Waals surface area (Å²) in [7, 11) is 0. The van der Waals surface area contributed by atoms with Gasteiger partial charge in [0, 0.05) is 32.7 Å². The van der Waals surface area contributed by atoms with Gasteiger partial charge in [0.2, 0.25) is 0 Å². The fourth-order valence-corrected chi connectivity index (χ4v) is 0. The molecule has 0 aromatic carbocycles. The van der Waals surface area contributed by atoms with E-state index in [1.54, 1.807) is 0 Å². The van der Waals surface area contributed by atoms with Crippen molar-refractivity contribution in [1.82, 2.24) is 0 Å². The Morgan fingerprint density at radius 2 is 1.71 bits per heavy atom. The molecule has 0 amide bonds. The molecule has 0 aromatic heterocycles. The molecule has 0 bridgehead atoms. The van der Waals surface area contributed by atoms with Gasteiger partial charge in [-0.05, 0) is 0 Å². The van der Waals surface area contributed by atoms with Crippen LogP contribution in [0.3, 0.4) is 0 Å². The third kappa shape index (κ3) is 63.0. The Hall–Kier alpha value is 0.404. The SMILES string of the molecule is C[C-]=CC.[C-]#C.[Y]. The Labute approximate surface area is 71.3 Å². The van der Waals surface area contributed by atoms with Gasteiger partial charge in [0.25, 0.3) is 0 Å². The van der Waals surface area contributed by atoms with Gasteiger partial charge >= 0.3 is 0 Å². The Balaban J connectivity index is -0.0000000480. The van der Waals surface area contributed by atoms with Crippen LogP contribution in [0.5, 0.6) is 0 Å². The number of hydrogen-bond acceptors (Lipinski definition) is 0. The molecule has 0 rings (SSSR count). The summed E-state index contributed by atoms with van der Waals surface area (Å²) in [5.74, 6) is 0. The summed E-state index contributed by atoms with van der Waals surface area (Å²) in [4.78, 5) is 0. The van der Waals surface area contributed by atoms with Crippen molar-refractivity contribution in [2.75, 3.05) is 0 Å². The first-order chi connectivity index (χ1) is 2.91. The molecule has 0 unspecified atom stereocenters. The molecule has 0 heterocycles. The molecule has 0 spiro atoms. The van der Waals surface area contributed by atoms with E-state index in [9.17, 15) is 0 Å². The van der Waals surface area contributed by atoms with E-state index >= 15 is 0 Å². The molecule has 1 radical (unpaired) electrons. The summed E-state index contributed by atoms with van der Waals surface area (Å²) >= 11 is 0. The second-order valence-electron chi connectivity index (χ2n) is 0.577. The summed E-state index contributed by atoms with van der Waals surface area (Å²) in [6.07, 6.45) is 13.7. The zero-order valence-corrected chi connectivity index (χ0v) is 7.57. The number of hydrogen-bond donors (Lipinski definition) is 0. The van der Waals surface area contributed by atoms with Crippen LogP contribution in [0.25, 0.3) is 0 Å². The van der Waals surface area contributed by atoms with Crippen molar-refractivity contribution in [3.05, 3.63) is 18.6 Å². The van der Waals surface area contributed by atoms with E-state index in [-0.39, 0.29) is 32.7 Å².